The van der Waals surface area contributed by atoms with Crippen molar-refractivity contribution in [3.05, 3.63) is 48.2 Å². The molecule has 3 aromatic rings. The van der Waals surface area contributed by atoms with Crippen molar-refractivity contribution in [3.8, 4) is 11.3 Å². The molecule has 0 aliphatic heterocycles. The Morgan fingerprint density at radius 2 is 2.08 bits per heavy atom. The fourth-order valence-corrected chi connectivity index (χ4v) is 3.01. The van der Waals surface area contributed by atoms with Crippen LogP contribution in [0.5, 0.6) is 0 Å². The molecule has 0 saturated heterocycles. The molecule has 0 amide bonds. The Bertz CT molecular complexity index is 1020. The summed E-state index contributed by atoms with van der Waals surface area (Å²) >= 11 is 0. The van der Waals surface area contributed by atoms with Crippen molar-refractivity contribution in [2.45, 2.75) is 32.3 Å². The first kappa shape index (κ1) is 16.5. The third kappa shape index (κ3) is 3.11. The molecule has 0 saturated carbocycles. The molecule has 1 aliphatic carbocycles. The highest BCUT2D eigenvalue weighted by Crippen LogP contribution is 2.27. The quantitative estimate of drug-likeness (QED) is 0.749. The highest BCUT2D eigenvalue weighted by molar-refractivity contribution is 5.73. The van der Waals surface area contributed by atoms with Gasteiger partial charge in [0.1, 0.15) is 5.69 Å². The van der Waals surface area contributed by atoms with Crippen molar-refractivity contribution in [2.24, 2.45) is 7.05 Å². The van der Waals surface area contributed by atoms with E-state index in [2.05, 4.69) is 25.5 Å². The van der Waals surface area contributed by atoms with Gasteiger partial charge in [0, 0.05) is 36.9 Å². The third-order valence-corrected chi connectivity index (χ3v) is 4.44. The van der Waals surface area contributed by atoms with Gasteiger partial charge in [-0.1, -0.05) is 6.08 Å². The van der Waals surface area contributed by atoms with E-state index in [-0.39, 0.29) is 0 Å². The summed E-state index contributed by atoms with van der Waals surface area (Å²) in [7, 11) is 1.87. The van der Waals surface area contributed by atoms with Gasteiger partial charge in [0.2, 0.25) is 5.95 Å². The predicted octanol–water partition coefficient (Wildman–Crippen LogP) is 2.31. The second-order valence-corrected chi connectivity index (χ2v) is 6.95. The van der Waals surface area contributed by atoms with E-state index in [0.29, 0.717) is 11.6 Å². The van der Waals surface area contributed by atoms with Crippen molar-refractivity contribution in [1.82, 2.24) is 29.4 Å². The van der Waals surface area contributed by atoms with E-state index in [0.717, 1.165) is 35.4 Å². The number of rotatable bonds is 4. The SMILES string of the molecule is Cn1cc(-c2nccn3nc(NC4=CC=C(C(C)(C)O)CC4)nc23)cn1. The maximum Gasteiger partial charge on any atom is 0.247 e. The first-order chi connectivity index (χ1) is 12.4. The van der Waals surface area contributed by atoms with Crippen LogP contribution in [-0.2, 0) is 7.05 Å². The summed E-state index contributed by atoms with van der Waals surface area (Å²) in [5.41, 5.74) is 3.56. The van der Waals surface area contributed by atoms with Crippen molar-refractivity contribution in [3.63, 3.8) is 0 Å². The van der Waals surface area contributed by atoms with Crippen molar-refractivity contribution in [2.75, 3.05) is 5.32 Å². The topological polar surface area (TPSA) is 93.2 Å². The molecule has 0 fully saturated rings. The van der Waals surface area contributed by atoms with Gasteiger partial charge in [-0.25, -0.2) is 4.52 Å². The van der Waals surface area contributed by atoms with Crippen LogP contribution in [0.4, 0.5) is 5.95 Å². The number of allylic oxidation sites excluding steroid dienone is 3. The Labute approximate surface area is 150 Å². The molecular formula is C18H21N7O. The molecule has 0 radical (unpaired) electrons. The van der Waals surface area contributed by atoms with E-state index >= 15 is 0 Å². The normalized spacial score (nSPS) is 15.1. The number of fused-ring (bicyclic) bond motifs is 1. The summed E-state index contributed by atoms with van der Waals surface area (Å²) in [6, 6.07) is 0. The highest BCUT2D eigenvalue weighted by atomic mass is 16.3. The van der Waals surface area contributed by atoms with Gasteiger partial charge < -0.3 is 10.4 Å². The number of hydrogen-bond acceptors (Lipinski definition) is 6. The smallest absolute Gasteiger partial charge is 0.247 e. The van der Waals surface area contributed by atoms with Gasteiger partial charge in [-0.3, -0.25) is 9.67 Å². The van der Waals surface area contributed by atoms with Gasteiger partial charge in [-0.2, -0.15) is 10.1 Å². The fourth-order valence-electron chi connectivity index (χ4n) is 3.01. The zero-order valence-electron chi connectivity index (χ0n) is 15.0. The lowest BCUT2D eigenvalue weighted by atomic mass is 9.90. The summed E-state index contributed by atoms with van der Waals surface area (Å²) in [6.07, 6.45) is 12.7. The Morgan fingerprint density at radius 1 is 1.23 bits per heavy atom. The van der Waals surface area contributed by atoms with Gasteiger partial charge in [0.15, 0.2) is 5.65 Å². The van der Waals surface area contributed by atoms with Crippen LogP contribution in [0.3, 0.4) is 0 Å². The summed E-state index contributed by atoms with van der Waals surface area (Å²) in [4.78, 5) is 9.02. The minimum Gasteiger partial charge on any atom is -0.386 e. The Balaban J connectivity index is 1.63. The molecule has 1 aliphatic rings. The molecule has 8 nitrogen and oxygen atoms in total. The molecular weight excluding hydrogens is 330 g/mol. The molecule has 0 unspecified atom stereocenters. The van der Waals surface area contributed by atoms with Crippen LogP contribution >= 0.6 is 0 Å². The average molecular weight is 351 g/mol. The molecule has 0 bridgehead atoms. The van der Waals surface area contributed by atoms with E-state index in [1.54, 1.807) is 27.8 Å². The van der Waals surface area contributed by atoms with Crippen LogP contribution in [-0.4, -0.2) is 40.1 Å². The Kier molecular flexibility index (Phi) is 3.84. The molecule has 26 heavy (non-hydrogen) atoms. The summed E-state index contributed by atoms with van der Waals surface area (Å²) in [6.45, 7) is 3.61. The molecule has 3 aromatic heterocycles. The number of anilines is 1. The second kappa shape index (κ2) is 6.06. The lowest BCUT2D eigenvalue weighted by Gasteiger charge is -2.24. The standard InChI is InChI=1S/C18H21N7O/c1-18(2,26)13-4-6-14(7-5-13)21-17-22-16-15(12-10-20-24(3)11-12)19-8-9-25(16)23-17/h4,6,8-11,26H,5,7H2,1-3H3,(H,21,23). The second-order valence-electron chi connectivity index (χ2n) is 6.95. The highest BCUT2D eigenvalue weighted by Gasteiger charge is 2.21. The predicted molar refractivity (Wildman–Crippen MR) is 98.3 cm³/mol. The number of nitrogens with one attached hydrogen (secondary N) is 1. The van der Waals surface area contributed by atoms with Gasteiger partial charge >= 0.3 is 0 Å². The van der Waals surface area contributed by atoms with Crippen molar-refractivity contribution in [1.29, 1.82) is 0 Å². The number of hydrogen-bond donors (Lipinski definition) is 2. The van der Waals surface area contributed by atoms with Gasteiger partial charge in [0.25, 0.3) is 0 Å². The Hall–Kier alpha value is -3.00. The number of aliphatic hydroxyl groups is 1. The maximum atomic E-state index is 10.1. The zero-order chi connectivity index (χ0) is 18.3. The number of aromatic nitrogens is 6. The molecule has 4 rings (SSSR count). The molecule has 8 heteroatoms. The van der Waals surface area contributed by atoms with Crippen LogP contribution in [0, 0.1) is 0 Å². The van der Waals surface area contributed by atoms with E-state index in [4.69, 9.17) is 0 Å². The van der Waals surface area contributed by atoms with Crippen LogP contribution in [0.15, 0.2) is 48.2 Å². The molecule has 134 valence electrons. The maximum absolute atomic E-state index is 10.1. The fraction of sp³-hybridized carbons (Fsp3) is 0.333. The Morgan fingerprint density at radius 3 is 2.73 bits per heavy atom. The van der Waals surface area contributed by atoms with E-state index in [1.165, 1.54) is 0 Å². The average Bonchev–Trinajstić information content (AvgIpc) is 3.19. The zero-order valence-corrected chi connectivity index (χ0v) is 15.0. The van der Waals surface area contributed by atoms with Crippen molar-refractivity contribution >= 4 is 11.6 Å². The summed E-state index contributed by atoms with van der Waals surface area (Å²) in [5, 5.41) is 22.0. The van der Waals surface area contributed by atoms with E-state index < -0.39 is 5.60 Å². The minimum atomic E-state index is -0.784. The molecule has 2 N–H and O–H groups in total. The monoisotopic (exact) mass is 351 g/mol. The largest absolute Gasteiger partial charge is 0.386 e. The van der Waals surface area contributed by atoms with E-state index in [9.17, 15) is 5.11 Å². The number of aryl methyl sites for hydroxylation is 1. The van der Waals surface area contributed by atoms with Crippen molar-refractivity contribution < 1.29 is 5.11 Å². The van der Waals surface area contributed by atoms with Crippen LogP contribution < -0.4 is 5.32 Å². The molecule has 0 spiro atoms. The summed E-state index contributed by atoms with van der Waals surface area (Å²) in [5.74, 6) is 0.523. The third-order valence-electron chi connectivity index (χ3n) is 4.44. The van der Waals surface area contributed by atoms with Crippen LogP contribution in [0.1, 0.15) is 26.7 Å². The minimum absolute atomic E-state index is 0.523. The van der Waals surface area contributed by atoms with E-state index in [1.807, 2.05) is 39.2 Å². The van der Waals surface area contributed by atoms with Gasteiger partial charge in [0.05, 0.1) is 11.8 Å². The van der Waals surface area contributed by atoms with Gasteiger partial charge in [-0.05, 0) is 38.3 Å². The molecule has 3 heterocycles. The lowest BCUT2D eigenvalue weighted by Crippen LogP contribution is -2.23. The van der Waals surface area contributed by atoms with Crippen LogP contribution in [0.25, 0.3) is 16.9 Å². The lowest BCUT2D eigenvalue weighted by molar-refractivity contribution is 0.115. The first-order valence-electron chi connectivity index (χ1n) is 8.50. The number of nitrogens with zero attached hydrogens (tertiary/aromatic N) is 6. The summed E-state index contributed by atoms with van der Waals surface area (Å²) < 4.78 is 3.44. The first-order valence-corrected chi connectivity index (χ1v) is 8.50. The van der Waals surface area contributed by atoms with Gasteiger partial charge in [-0.15, -0.1) is 5.10 Å². The van der Waals surface area contributed by atoms with Crippen LogP contribution in [0.2, 0.25) is 0 Å². The molecule has 0 aromatic carbocycles. The molecule has 0 atom stereocenters.